The molecule has 120 valence electrons. The van der Waals surface area contributed by atoms with E-state index in [1.165, 1.54) is 0 Å². The van der Waals surface area contributed by atoms with Crippen LogP contribution in [0.4, 0.5) is 0 Å². The molecule has 0 spiro atoms. The van der Waals surface area contributed by atoms with Crippen molar-refractivity contribution in [2.45, 2.75) is 32.9 Å². The first-order chi connectivity index (χ1) is 9.91. The predicted octanol–water partition coefficient (Wildman–Crippen LogP) is 2.62. The van der Waals surface area contributed by atoms with Crippen molar-refractivity contribution in [1.29, 1.82) is 0 Å². The Kier molecular flexibility index (Phi) is 6.78. The summed E-state index contributed by atoms with van der Waals surface area (Å²) in [5.74, 6) is 1.93. The molecule has 0 aromatic heterocycles. The summed E-state index contributed by atoms with van der Waals surface area (Å²) in [6.07, 6.45) is 0. The van der Waals surface area contributed by atoms with Gasteiger partial charge in [-0.25, -0.2) is 0 Å². The van der Waals surface area contributed by atoms with Crippen LogP contribution in [0.3, 0.4) is 0 Å². The van der Waals surface area contributed by atoms with E-state index in [1.807, 2.05) is 40.0 Å². The van der Waals surface area contributed by atoms with E-state index in [4.69, 9.17) is 18.9 Å². The fraction of sp³-hybridized carbons (Fsp3) is 0.625. The Morgan fingerprint density at radius 2 is 1.57 bits per heavy atom. The van der Waals surface area contributed by atoms with E-state index >= 15 is 0 Å². The molecule has 0 unspecified atom stereocenters. The quantitative estimate of drug-likeness (QED) is 0.748. The van der Waals surface area contributed by atoms with E-state index in [9.17, 15) is 0 Å². The van der Waals surface area contributed by atoms with Gasteiger partial charge in [-0.3, -0.25) is 0 Å². The van der Waals surface area contributed by atoms with Crippen molar-refractivity contribution in [3.8, 4) is 17.2 Å². The highest BCUT2D eigenvalue weighted by Crippen LogP contribution is 2.38. The third kappa shape index (κ3) is 5.81. The van der Waals surface area contributed by atoms with Gasteiger partial charge < -0.3 is 24.3 Å². The van der Waals surface area contributed by atoms with Gasteiger partial charge in [0.2, 0.25) is 5.75 Å². The molecule has 0 saturated heterocycles. The fourth-order valence-corrected chi connectivity index (χ4v) is 1.87. The summed E-state index contributed by atoms with van der Waals surface area (Å²) in [6, 6.07) is 3.89. The van der Waals surface area contributed by atoms with Crippen LogP contribution in [0.1, 0.15) is 26.3 Å². The van der Waals surface area contributed by atoms with Crippen LogP contribution < -0.4 is 19.5 Å². The zero-order chi connectivity index (χ0) is 15.9. The molecular formula is C16H27NO4. The summed E-state index contributed by atoms with van der Waals surface area (Å²) in [6.45, 7) is 7.73. The predicted molar refractivity (Wildman–Crippen MR) is 83.5 cm³/mol. The van der Waals surface area contributed by atoms with Gasteiger partial charge in [-0.05, 0) is 45.5 Å². The zero-order valence-electron chi connectivity index (χ0n) is 13.9. The molecular weight excluding hydrogens is 270 g/mol. The number of ether oxygens (including phenoxy) is 4. The largest absolute Gasteiger partial charge is 0.493 e. The average molecular weight is 297 g/mol. The lowest BCUT2D eigenvalue weighted by Crippen LogP contribution is -2.22. The molecule has 1 rings (SSSR count). The summed E-state index contributed by atoms with van der Waals surface area (Å²) in [5.41, 5.74) is 0.901. The minimum atomic E-state index is -0.172. The number of hydrogen-bond acceptors (Lipinski definition) is 5. The smallest absolute Gasteiger partial charge is 0.203 e. The van der Waals surface area contributed by atoms with Crippen molar-refractivity contribution in [1.82, 2.24) is 5.32 Å². The van der Waals surface area contributed by atoms with Gasteiger partial charge in [0, 0.05) is 6.54 Å². The third-order valence-electron chi connectivity index (χ3n) is 2.77. The van der Waals surface area contributed by atoms with Crippen molar-refractivity contribution < 1.29 is 18.9 Å². The summed E-state index contributed by atoms with van der Waals surface area (Å²) in [4.78, 5) is 0. The molecule has 0 aliphatic rings. The number of benzene rings is 1. The van der Waals surface area contributed by atoms with E-state index in [0.29, 0.717) is 30.5 Å². The first kappa shape index (κ1) is 17.6. The van der Waals surface area contributed by atoms with E-state index in [-0.39, 0.29) is 5.60 Å². The maximum Gasteiger partial charge on any atom is 0.203 e. The van der Waals surface area contributed by atoms with Crippen LogP contribution in [-0.2, 0) is 11.3 Å². The Hall–Kier alpha value is -1.46. The summed E-state index contributed by atoms with van der Waals surface area (Å²) < 4.78 is 22.2. The first-order valence-electron chi connectivity index (χ1n) is 7.07. The van der Waals surface area contributed by atoms with Gasteiger partial charge in [-0.2, -0.15) is 0 Å². The molecule has 1 aromatic carbocycles. The maximum absolute atomic E-state index is 5.78. The van der Waals surface area contributed by atoms with Gasteiger partial charge in [-0.1, -0.05) is 0 Å². The standard InChI is InChI=1S/C16H27NO4/c1-16(2,3)21-8-7-20-15-13(18-5)9-12(11-17-4)10-14(15)19-6/h9-10,17H,7-8,11H2,1-6H3. The number of rotatable bonds is 8. The van der Waals surface area contributed by atoms with E-state index in [0.717, 1.165) is 12.1 Å². The van der Waals surface area contributed by atoms with Crippen LogP contribution in [0.5, 0.6) is 17.2 Å². The SMILES string of the molecule is CNCc1cc(OC)c(OCCOC(C)(C)C)c(OC)c1. The molecule has 0 bridgehead atoms. The second-order valence-electron chi connectivity index (χ2n) is 5.67. The minimum absolute atomic E-state index is 0.172. The minimum Gasteiger partial charge on any atom is -0.493 e. The van der Waals surface area contributed by atoms with Crippen molar-refractivity contribution in [3.05, 3.63) is 17.7 Å². The number of nitrogens with one attached hydrogen (secondary N) is 1. The molecule has 0 aliphatic carbocycles. The van der Waals surface area contributed by atoms with Crippen LogP contribution in [-0.4, -0.2) is 40.1 Å². The van der Waals surface area contributed by atoms with Gasteiger partial charge >= 0.3 is 0 Å². The van der Waals surface area contributed by atoms with Gasteiger partial charge in [0.1, 0.15) is 6.61 Å². The Morgan fingerprint density at radius 1 is 1.00 bits per heavy atom. The highest BCUT2D eigenvalue weighted by atomic mass is 16.6. The van der Waals surface area contributed by atoms with Crippen molar-refractivity contribution >= 4 is 0 Å². The molecule has 0 heterocycles. The Labute approximate surface area is 127 Å². The summed E-state index contributed by atoms with van der Waals surface area (Å²) in [7, 11) is 5.14. The van der Waals surface area contributed by atoms with Crippen molar-refractivity contribution in [2.75, 3.05) is 34.5 Å². The van der Waals surface area contributed by atoms with Crippen molar-refractivity contribution in [3.63, 3.8) is 0 Å². The van der Waals surface area contributed by atoms with E-state index in [2.05, 4.69) is 5.32 Å². The molecule has 0 radical (unpaired) electrons. The van der Waals surface area contributed by atoms with Gasteiger partial charge in [0.25, 0.3) is 0 Å². The second-order valence-corrected chi connectivity index (χ2v) is 5.67. The number of methoxy groups -OCH3 is 2. The normalized spacial score (nSPS) is 11.3. The van der Waals surface area contributed by atoms with Crippen LogP contribution in [0.2, 0.25) is 0 Å². The van der Waals surface area contributed by atoms with Crippen LogP contribution in [0, 0.1) is 0 Å². The Morgan fingerprint density at radius 3 is 2.00 bits per heavy atom. The second kappa shape index (κ2) is 8.10. The molecule has 0 saturated carbocycles. The molecule has 0 atom stereocenters. The lowest BCUT2D eigenvalue weighted by atomic mass is 10.2. The first-order valence-corrected chi connectivity index (χ1v) is 7.07. The highest BCUT2D eigenvalue weighted by Gasteiger charge is 2.15. The Balaban J connectivity index is 2.79. The van der Waals surface area contributed by atoms with Gasteiger partial charge in [0.15, 0.2) is 11.5 Å². The monoisotopic (exact) mass is 297 g/mol. The average Bonchev–Trinajstić information content (AvgIpc) is 2.43. The molecule has 5 heteroatoms. The zero-order valence-corrected chi connectivity index (χ0v) is 13.9. The van der Waals surface area contributed by atoms with E-state index < -0.39 is 0 Å². The summed E-state index contributed by atoms with van der Waals surface area (Å²) in [5, 5.41) is 3.10. The number of hydrogen-bond donors (Lipinski definition) is 1. The third-order valence-corrected chi connectivity index (χ3v) is 2.77. The lowest BCUT2D eigenvalue weighted by molar-refractivity contribution is -0.0167. The van der Waals surface area contributed by atoms with Crippen LogP contribution in [0.15, 0.2) is 12.1 Å². The fourth-order valence-electron chi connectivity index (χ4n) is 1.87. The summed E-state index contributed by atoms with van der Waals surface area (Å²) >= 11 is 0. The lowest BCUT2D eigenvalue weighted by Gasteiger charge is -2.20. The molecule has 0 fully saturated rings. The topological polar surface area (TPSA) is 49.0 Å². The molecule has 0 amide bonds. The molecule has 1 aromatic rings. The molecule has 0 aliphatic heterocycles. The molecule has 1 N–H and O–H groups in total. The Bertz CT molecular complexity index is 415. The van der Waals surface area contributed by atoms with Crippen LogP contribution >= 0.6 is 0 Å². The molecule has 21 heavy (non-hydrogen) atoms. The highest BCUT2D eigenvalue weighted by molar-refractivity contribution is 5.53. The van der Waals surface area contributed by atoms with Gasteiger partial charge in [0.05, 0.1) is 26.4 Å². The van der Waals surface area contributed by atoms with Crippen LogP contribution in [0.25, 0.3) is 0 Å². The van der Waals surface area contributed by atoms with Crippen molar-refractivity contribution in [2.24, 2.45) is 0 Å². The van der Waals surface area contributed by atoms with Gasteiger partial charge in [-0.15, -0.1) is 0 Å². The van der Waals surface area contributed by atoms with E-state index in [1.54, 1.807) is 14.2 Å². The maximum atomic E-state index is 5.78. The molecule has 5 nitrogen and oxygen atoms in total.